The van der Waals surface area contributed by atoms with E-state index in [1.54, 1.807) is 30.3 Å². The molecule has 6 N–H and O–H groups in total. The van der Waals surface area contributed by atoms with Gasteiger partial charge in [-0.3, -0.25) is 14.6 Å². The molecule has 0 radical (unpaired) electrons. The smallest absolute Gasteiger partial charge is 0.252 e. The topological polar surface area (TPSA) is 123 Å². The lowest BCUT2D eigenvalue weighted by Gasteiger charge is -2.13. The number of nitrogens with one attached hydrogen (secondary N) is 2. The van der Waals surface area contributed by atoms with Gasteiger partial charge in [0, 0.05) is 22.3 Å². The van der Waals surface area contributed by atoms with Gasteiger partial charge < -0.3 is 22.1 Å². The minimum absolute atomic E-state index is 0.0291. The summed E-state index contributed by atoms with van der Waals surface area (Å²) in [6, 6.07) is 9.70. The molecule has 7 nitrogen and oxygen atoms in total. The van der Waals surface area contributed by atoms with Crippen molar-refractivity contribution >= 4 is 75.8 Å². The third kappa shape index (κ3) is 7.33. The molecule has 31 heavy (non-hydrogen) atoms. The Morgan fingerprint density at radius 3 is 2.26 bits per heavy atom. The number of nitrogens with zero attached hydrogens (tertiary/aromatic N) is 1. The SMILES string of the molecule is NC(=O)C(C(CNC=O)=NCCNc1cc(Cl)cc(Cl)c1)=C(N)c1ccc(Cl)c(Cl)c1. The van der Waals surface area contributed by atoms with Crippen LogP contribution >= 0.6 is 46.4 Å². The van der Waals surface area contributed by atoms with Crippen LogP contribution in [0.1, 0.15) is 5.56 Å². The second kappa shape index (κ2) is 11.8. The van der Waals surface area contributed by atoms with E-state index in [9.17, 15) is 9.59 Å². The molecule has 0 bridgehead atoms. The Morgan fingerprint density at radius 1 is 1.00 bits per heavy atom. The molecule has 2 amide bonds. The van der Waals surface area contributed by atoms with E-state index in [4.69, 9.17) is 57.9 Å². The molecule has 2 aromatic carbocycles. The number of amides is 2. The lowest BCUT2D eigenvalue weighted by atomic mass is 10.0. The summed E-state index contributed by atoms with van der Waals surface area (Å²) in [5.41, 5.74) is 13.2. The van der Waals surface area contributed by atoms with Crippen LogP contribution in [0.3, 0.4) is 0 Å². The Bertz CT molecular complexity index is 1020. The van der Waals surface area contributed by atoms with Crippen molar-refractivity contribution in [2.45, 2.75) is 0 Å². The molecule has 2 rings (SSSR count). The molecule has 0 saturated heterocycles. The molecule has 0 aromatic heterocycles. The molecule has 2 aromatic rings. The van der Waals surface area contributed by atoms with Crippen molar-refractivity contribution in [3.05, 3.63) is 67.6 Å². The number of hydrogen-bond acceptors (Lipinski definition) is 5. The van der Waals surface area contributed by atoms with Gasteiger partial charge in [0.2, 0.25) is 6.41 Å². The summed E-state index contributed by atoms with van der Waals surface area (Å²) in [6.07, 6.45) is 0.482. The largest absolute Gasteiger partial charge is 0.398 e. The summed E-state index contributed by atoms with van der Waals surface area (Å²) in [4.78, 5) is 27.4. The van der Waals surface area contributed by atoms with Gasteiger partial charge >= 0.3 is 0 Å². The third-order valence-electron chi connectivity index (χ3n) is 3.99. The zero-order valence-electron chi connectivity index (χ0n) is 16.1. The van der Waals surface area contributed by atoms with Crippen LogP contribution in [-0.4, -0.2) is 37.7 Å². The van der Waals surface area contributed by atoms with E-state index >= 15 is 0 Å². The lowest BCUT2D eigenvalue weighted by molar-refractivity contribution is -0.114. The predicted octanol–water partition coefficient (Wildman–Crippen LogP) is 3.75. The van der Waals surface area contributed by atoms with Gasteiger partial charge in [0.15, 0.2) is 0 Å². The van der Waals surface area contributed by atoms with Gasteiger partial charge in [0.1, 0.15) is 0 Å². The van der Waals surface area contributed by atoms with Crippen molar-refractivity contribution < 1.29 is 9.59 Å². The highest BCUT2D eigenvalue weighted by Gasteiger charge is 2.19. The fourth-order valence-electron chi connectivity index (χ4n) is 2.65. The molecule has 0 atom stereocenters. The van der Waals surface area contributed by atoms with Gasteiger partial charge in [-0.15, -0.1) is 0 Å². The summed E-state index contributed by atoms with van der Waals surface area (Å²) < 4.78 is 0. The fourth-order valence-corrected chi connectivity index (χ4v) is 3.47. The highest BCUT2D eigenvalue weighted by Crippen LogP contribution is 2.26. The molecule has 0 aliphatic carbocycles. The number of nitrogens with two attached hydrogens (primary N) is 2. The number of benzene rings is 2. The van der Waals surface area contributed by atoms with Crippen LogP contribution in [0, 0.1) is 0 Å². The number of carbonyl (C=O) groups excluding carboxylic acids is 2. The molecular weight excluding hydrogens is 484 g/mol. The number of rotatable bonds is 10. The normalized spacial score (nSPS) is 12.2. The molecular formula is C20H19Cl4N5O2. The summed E-state index contributed by atoms with van der Waals surface area (Å²) >= 11 is 23.9. The molecule has 164 valence electrons. The number of halogens is 4. The fraction of sp³-hybridized carbons (Fsp3) is 0.150. The molecule has 0 heterocycles. The van der Waals surface area contributed by atoms with Gasteiger partial charge in [-0.1, -0.05) is 52.5 Å². The van der Waals surface area contributed by atoms with Crippen molar-refractivity contribution in [3.63, 3.8) is 0 Å². The van der Waals surface area contributed by atoms with Crippen LogP contribution in [0.15, 0.2) is 47.0 Å². The Hall–Kier alpha value is -2.45. The lowest BCUT2D eigenvalue weighted by Crippen LogP contribution is -2.32. The first-order valence-electron chi connectivity index (χ1n) is 8.88. The second-order valence-electron chi connectivity index (χ2n) is 6.19. The molecule has 11 heteroatoms. The number of aliphatic imine (C=N–C) groups is 1. The van der Waals surface area contributed by atoms with Crippen LogP contribution in [0.25, 0.3) is 5.70 Å². The molecule has 0 unspecified atom stereocenters. The monoisotopic (exact) mass is 501 g/mol. The van der Waals surface area contributed by atoms with E-state index in [-0.39, 0.29) is 35.1 Å². The summed E-state index contributed by atoms with van der Waals surface area (Å²) in [6.45, 7) is 0.582. The first kappa shape index (κ1) is 24.8. The Kier molecular flexibility index (Phi) is 9.45. The van der Waals surface area contributed by atoms with Crippen molar-refractivity contribution in [1.29, 1.82) is 0 Å². The summed E-state index contributed by atoms with van der Waals surface area (Å²) in [7, 11) is 0. The van der Waals surface area contributed by atoms with Crippen molar-refractivity contribution in [1.82, 2.24) is 5.32 Å². The molecule has 0 spiro atoms. The minimum atomic E-state index is -0.801. The standard InChI is InChI=1S/C20H19Cl4N5O2/c21-12-6-13(22)8-14(7-12)28-3-4-29-17(9-27-10-30)18(20(26)31)19(25)11-1-2-15(23)16(24)5-11/h1-2,5-8,10,28H,3-4,9,25H2,(H2,26,31)(H,27,30). The zero-order valence-corrected chi connectivity index (χ0v) is 19.1. The van der Waals surface area contributed by atoms with E-state index in [0.29, 0.717) is 39.3 Å². The quantitative estimate of drug-likeness (QED) is 0.171. The number of anilines is 1. The van der Waals surface area contributed by atoms with Crippen LogP contribution < -0.4 is 22.1 Å². The molecule has 0 aliphatic heterocycles. The zero-order chi connectivity index (χ0) is 23.0. The predicted molar refractivity (Wildman–Crippen MR) is 128 cm³/mol. The first-order chi connectivity index (χ1) is 14.7. The van der Waals surface area contributed by atoms with E-state index in [0.717, 1.165) is 0 Å². The molecule has 0 saturated carbocycles. The molecule has 0 aliphatic rings. The highest BCUT2D eigenvalue weighted by atomic mass is 35.5. The van der Waals surface area contributed by atoms with Crippen LogP contribution in [0.4, 0.5) is 5.69 Å². The Balaban J connectivity index is 2.29. The maximum Gasteiger partial charge on any atom is 0.252 e. The van der Waals surface area contributed by atoms with E-state index in [1.165, 1.54) is 6.07 Å². The highest BCUT2D eigenvalue weighted by molar-refractivity contribution is 6.42. The van der Waals surface area contributed by atoms with Crippen LogP contribution in [-0.2, 0) is 9.59 Å². The van der Waals surface area contributed by atoms with Gasteiger partial charge in [0.25, 0.3) is 5.91 Å². The number of hydrogen-bond donors (Lipinski definition) is 4. The minimum Gasteiger partial charge on any atom is -0.398 e. The summed E-state index contributed by atoms with van der Waals surface area (Å²) in [5.74, 6) is -0.801. The Labute approximate surface area is 199 Å². The maximum absolute atomic E-state index is 12.2. The average molecular weight is 503 g/mol. The van der Waals surface area contributed by atoms with E-state index < -0.39 is 5.91 Å². The van der Waals surface area contributed by atoms with Gasteiger partial charge in [0.05, 0.1) is 40.1 Å². The van der Waals surface area contributed by atoms with Crippen LogP contribution in [0.5, 0.6) is 0 Å². The van der Waals surface area contributed by atoms with Crippen molar-refractivity contribution in [2.24, 2.45) is 16.5 Å². The first-order valence-corrected chi connectivity index (χ1v) is 10.4. The van der Waals surface area contributed by atoms with Crippen molar-refractivity contribution in [3.8, 4) is 0 Å². The third-order valence-corrected chi connectivity index (χ3v) is 5.17. The number of carbonyl (C=O) groups is 2. The molecule has 0 fully saturated rings. The van der Waals surface area contributed by atoms with E-state index in [2.05, 4.69) is 15.6 Å². The van der Waals surface area contributed by atoms with Crippen molar-refractivity contribution in [2.75, 3.05) is 25.0 Å². The Morgan fingerprint density at radius 2 is 1.68 bits per heavy atom. The van der Waals surface area contributed by atoms with E-state index in [1.807, 2.05) is 0 Å². The van der Waals surface area contributed by atoms with Gasteiger partial charge in [-0.2, -0.15) is 0 Å². The average Bonchev–Trinajstić information content (AvgIpc) is 2.69. The van der Waals surface area contributed by atoms with Gasteiger partial charge in [-0.05, 0) is 35.9 Å². The second-order valence-corrected chi connectivity index (χ2v) is 7.88. The number of primary amides is 1. The summed E-state index contributed by atoms with van der Waals surface area (Å²) in [5, 5.41) is 7.17. The van der Waals surface area contributed by atoms with Gasteiger partial charge in [-0.25, -0.2) is 0 Å². The van der Waals surface area contributed by atoms with Crippen LogP contribution in [0.2, 0.25) is 20.1 Å². The maximum atomic E-state index is 12.2.